The van der Waals surface area contributed by atoms with Crippen molar-refractivity contribution < 1.29 is 53.1 Å². The quantitative estimate of drug-likeness (QED) is 0.0221. The van der Waals surface area contributed by atoms with Crippen molar-refractivity contribution in [2.24, 2.45) is 11.7 Å². The van der Waals surface area contributed by atoms with Gasteiger partial charge in [-0.15, -0.1) is 0 Å². The van der Waals surface area contributed by atoms with Crippen LogP contribution in [-0.2, 0) is 36.8 Å². The molecule has 0 saturated heterocycles. The Morgan fingerprint density at radius 1 is 0.847 bits per heavy atom. The van der Waals surface area contributed by atoms with E-state index in [-0.39, 0.29) is 77.2 Å². The summed E-state index contributed by atoms with van der Waals surface area (Å²) in [5.74, 6) is -5.56. The van der Waals surface area contributed by atoms with Gasteiger partial charge in [-0.1, -0.05) is 109 Å². The Hall–Kier alpha value is -7.61. The number of ether oxygens (including phenoxy) is 3. The molecule has 4 bridgehead atoms. The number of amides is 4. The molecular formula is C52H65N7O13. The summed E-state index contributed by atoms with van der Waals surface area (Å²) in [6.07, 6.45) is 8.52. The average Bonchev–Trinajstić information content (AvgIpc) is 3.34. The minimum atomic E-state index is -1.90. The average molecular weight is 996 g/mol. The van der Waals surface area contributed by atoms with Crippen molar-refractivity contribution in [1.82, 2.24) is 21.3 Å². The maximum atomic E-state index is 14.9. The van der Waals surface area contributed by atoms with E-state index in [9.17, 15) is 49.3 Å². The van der Waals surface area contributed by atoms with E-state index in [0.717, 1.165) is 44.6 Å². The summed E-state index contributed by atoms with van der Waals surface area (Å²) in [7, 11) is 1.25. The van der Waals surface area contributed by atoms with E-state index >= 15 is 0 Å². The summed E-state index contributed by atoms with van der Waals surface area (Å²) in [6, 6.07) is 12.5. The number of nitrogens with one attached hydrogen (secondary N) is 4. The van der Waals surface area contributed by atoms with Crippen molar-refractivity contribution in [1.29, 1.82) is 0 Å². The highest BCUT2D eigenvalue weighted by Crippen LogP contribution is 2.46. The topological polar surface area (TPSA) is 294 Å². The Labute approximate surface area is 418 Å². The number of nitro groups is 2. The lowest BCUT2D eigenvalue weighted by Crippen LogP contribution is -2.58. The van der Waals surface area contributed by atoms with Gasteiger partial charge < -0.3 is 46.3 Å². The van der Waals surface area contributed by atoms with Crippen LogP contribution in [-0.4, -0.2) is 75.8 Å². The Bertz CT molecular complexity index is 2520. The summed E-state index contributed by atoms with van der Waals surface area (Å²) >= 11 is 0. The number of hydrogen-bond donors (Lipinski definition) is 6. The molecule has 2 aliphatic rings. The van der Waals surface area contributed by atoms with Crippen LogP contribution in [0.5, 0.6) is 28.7 Å². The molecule has 72 heavy (non-hydrogen) atoms. The predicted molar refractivity (Wildman–Crippen MR) is 267 cm³/mol. The van der Waals surface area contributed by atoms with Crippen molar-refractivity contribution >= 4 is 41.0 Å². The minimum absolute atomic E-state index is 0.0103. The Balaban J connectivity index is 1.67. The number of carboxylic acids is 1. The van der Waals surface area contributed by atoms with Gasteiger partial charge in [-0.2, -0.15) is 0 Å². The molecule has 386 valence electrons. The van der Waals surface area contributed by atoms with Gasteiger partial charge in [0.1, 0.15) is 17.8 Å². The van der Waals surface area contributed by atoms with Crippen LogP contribution >= 0.6 is 0 Å². The number of unbranched alkanes of at least 4 members (excludes halogenated alkanes) is 8. The second kappa shape index (κ2) is 27.1. The molecule has 6 rings (SSSR count). The fourth-order valence-corrected chi connectivity index (χ4v) is 8.34. The van der Waals surface area contributed by atoms with Crippen LogP contribution in [0.2, 0.25) is 0 Å². The number of nitrogens with two attached hydrogens (primary N) is 1. The number of carbonyl (C=O) groups excluding carboxylic acids is 4. The van der Waals surface area contributed by atoms with Crippen LogP contribution in [0.4, 0.5) is 11.4 Å². The normalized spacial score (nSPS) is 16.6. The molecule has 0 unspecified atom stereocenters. The summed E-state index contributed by atoms with van der Waals surface area (Å²) in [6.45, 7) is 5.89. The molecule has 5 atom stereocenters. The zero-order chi connectivity index (χ0) is 52.3. The first-order chi connectivity index (χ1) is 34.5. The summed E-state index contributed by atoms with van der Waals surface area (Å²) in [4.78, 5) is 93.1. The molecule has 7 N–H and O–H groups in total. The molecule has 20 nitrogen and oxygen atoms in total. The summed E-state index contributed by atoms with van der Waals surface area (Å²) < 4.78 is 18.2. The molecule has 2 aliphatic heterocycles. The maximum Gasteiger partial charge on any atom is 0.328 e. The SMILES string of the molecule is CCCCCCCCCCCC(=O)N[C@@H](C(=O)O)[C@@H]1NC(=O)[C@@H](Cc2ccccc2)NC(=O)[C@@H](NC(=O)[C@H](N)CC(C)C)Cc2ccc(c([N+](=O)[O-])c2)Oc2cc1cc(Oc1ccc([N+](=O)[O-])cc1)c2OC. The number of hydrogen-bond acceptors (Lipinski definition) is 13. The first kappa shape index (κ1) is 55.3. The number of carbonyl (C=O) groups is 5. The van der Waals surface area contributed by atoms with Gasteiger partial charge >= 0.3 is 11.7 Å². The van der Waals surface area contributed by atoms with Crippen molar-refractivity contribution in [3.63, 3.8) is 0 Å². The molecule has 4 aromatic rings. The molecule has 4 aromatic carbocycles. The number of nitrogens with zero attached hydrogens (tertiary/aromatic N) is 2. The van der Waals surface area contributed by atoms with Gasteiger partial charge in [0.2, 0.25) is 35.1 Å². The number of fused-ring (bicyclic) bond motifs is 9. The highest BCUT2D eigenvalue weighted by atomic mass is 16.6. The van der Waals surface area contributed by atoms with E-state index < -0.39 is 75.3 Å². The fraction of sp³-hybridized carbons (Fsp3) is 0.442. The van der Waals surface area contributed by atoms with Crippen molar-refractivity contribution in [2.75, 3.05) is 7.11 Å². The van der Waals surface area contributed by atoms with Gasteiger partial charge in [-0.25, -0.2) is 4.79 Å². The Morgan fingerprint density at radius 3 is 2.12 bits per heavy atom. The number of carboxylic acid groups (broad SMARTS) is 1. The predicted octanol–water partition coefficient (Wildman–Crippen LogP) is 7.89. The van der Waals surface area contributed by atoms with Crippen LogP contribution in [0.15, 0.2) is 84.9 Å². The van der Waals surface area contributed by atoms with Crippen LogP contribution in [0.1, 0.15) is 114 Å². The van der Waals surface area contributed by atoms with Crippen molar-refractivity contribution in [3.8, 4) is 28.7 Å². The molecule has 0 saturated carbocycles. The minimum Gasteiger partial charge on any atom is -0.490 e. The number of benzene rings is 4. The van der Waals surface area contributed by atoms with E-state index in [0.29, 0.717) is 12.0 Å². The molecule has 4 amide bonds. The molecule has 2 heterocycles. The van der Waals surface area contributed by atoms with Crippen molar-refractivity contribution in [3.05, 3.63) is 122 Å². The van der Waals surface area contributed by atoms with E-state index in [1.165, 1.54) is 68.5 Å². The number of nitro benzene ring substituents is 2. The second-order valence-electron chi connectivity index (χ2n) is 18.3. The van der Waals surface area contributed by atoms with Gasteiger partial charge in [-0.05, 0) is 65.8 Å². The highest BCUT2D eigenvalue weighted by Gasteiger charge is 2.38. The molecular weight excluding hydrogens is 931 g/mol. The number of methoxy groups -OCH3 is 1. The largest absolute Gasteiger partial charge is 0.490 e. The summed E-state index contributed by atoms with van der Waals surface area (Å²) in [5.41, 5.74) is 6.12. The zero-order valence-corrected chi connectivity index (χ0v) is 41.1. The molecule has 0 aliphatic carbocycles. The van der Waals surface area contributed by atoms with Gasteiger partial charge in [0.25, 0.3) is 5.69 Å². The van der Waals surface area contributed by atoms with E-state index in [4.69, 9.17) is 19.9 Å². The molecule has 0 fully saturated rings. The third-order valence-electron chi connectivity index (χ3n) is 12.1. The molecule has 0 spiro atoms. The van der Waals surface area contributed by atoms with E-state index in [1.54, 1.807) is 30.3 Å². The lowest BCUT2D eigenvalue weighted by molar-refractivity contribution is -0.385. The third-order valence-corrected chi connectivity index (χ3v) is 12.1. The van der Waals surface area contributed by atoms with Gasteiger partial charge in [0, 0.05) is 37.5 Å². The first-order valence-electron chi connectivity index (χ1n) is 24.3. The maximum absolute atomic E-state index is 14.9. The van der Waals surface area contributed by atoms with Gasteiger partial charge in [0.15, 0.2) is 17.5 Å². The van der Waals surface area contributed by atoms with Crippen molar-refractivity contribution in [2.45, 2.75) is 134 Å². The molecule has 20 heteroatoms. The standard InChI is InChI=1S/C52H65N7O13/c1-5-6-7-8-9-10-11-12-16-19-45(60)56-47(52(64)65)46-35-30-43(71-37-23-21-36(22-24-37)58(66)67)48(70-4)44(31-35)72-42-25-20-34(29-41(42)59(68)69)28-40(54-49(61)38(53)26-32(2)3)50(62)55-39(51(63)57-46)27-33-17-14-13-15-18-33/h13-15,17-18,20-25,29-32,38-40,46-47H,5-12,16,19,26-28,53H2,1-4H3,(H,54,61)(H,55,62)(H,56,60)(H,57,63)(H,64,65)/t38-,39-,40+,46-,47-/m1/s1. The Morgan fingerprint density at radius 2 is 1.51 bits per heavy atom. The lowest BCUT2D eigenvalue weighted by atomic mass is 9.96. The van der Waals surface area contributed by atoms with Gasteiger partial charge in [0.05, 0.1) is 29.0 Å². The smallest absolute Gasteiger partial charge is 0.328 e. The monoisotopic (exact) mass is 995 g/mol. The number of rotatable bonds is 24. The number of aliphatic carboxylic acids is 1. The van der Waals surface area contributed by atoms with Crippen LogP contribution in [0.25, 0.3) is 0 Å². The molecule has 0 radical (unpaired) electrons. The molecule has 0 aromatic heterocycles. The summed E-state index contributed by atoms with van der Waals surface area (Å²) in [5, 5.41) is 46.0. The van der Waals surface area contributed by atoms with Crippen LogP contribution in [0, 0.1) is 26.1 Å². The van der Waals surface area contributed by atoms with Gasteiger partial charge in [-0.3, -0.25) is 39.4 Å². The van der Waals surface area contributed by atoms with E-state index in [1.807, 2.05) is 13.8 Å². The van der Waals surface area contributed by atoms with Crippen LogP contribution in [0.3, 0.4) is 0 Å². The third kappa shape index (κ3) is 16.2. The first-order valence-corrected chi connectivity index (χ1v) is 24.3. The lowest BCUT2D eigenvalue weighted by Gasteiger charge is -2.30. The second-order valence-corrected chi connectivity index (χ2v) is 18.3. The van der Waals surface area contributed by atoms with Crippen LogP contribution < -0.4 is 41.2 Å². The number of non-ortho nitro benzene ring substituents is 1. The fourth-order valence-electron chi connectivity index (χ4n) is 8.34. The van der Waals surface area contributed by atoms with E-state index in [2.05, 4.69) is 28.2 Å². The highest BCUT2D eigenvalue weighted by molar-refractivity contribution is 5.94. The Kier molecular flexibility index (Phi) is 20.8. The zero-order valence-electron chi connectivity index (χ0n) is 41.1.